The molecule has 1 atom stereocenters. The van der Waals surface area contributed by atoms with Gasteiger partial charge < -0.3 is 20.1 Å². The number of ether oxygens (including phenoxy) is 1. The first kappa shape index (κ1) is 32.3. The number of fused-ring (bicyclic) bond motifs is 2. The number of likely N-dealkylation sites (tertiary alicyclic amines) is 1. The lowest BCUT2D eigenvalue weighted by atomic mass is 9.91. The maximum absolute atomic E-state index is 13.5. The van der Waals surface area contributed by atoms with E-state index in [2.05, 4.69) is 26.6 Å². The molecule has 7 rings (SSSR count). The van der Waals surface area contributed by atoms with Crippen molar-refractivity contribution in [3.05, 3.63) is 106 Å². The third-order valence-corrected chi connectivity index (χ3v) is 9.21. The molecule has 0 radical (unpaired) electrons. The van der Waals surface area contributed by atoms with Crippen LogP contribution in [0.4, 0.5) is 4.79 Å². The van der Waals surface area contributed by atoms with Crippen molar-refractivity contribution < 1.29 is 19.4 Å². The molecule has 4 heterocycles. The van der Waals surface area contributed by atoms with Gasteiger partial charge in [0.15, 0.2) is 0 Å². The summed E-state index contributed by atoms with van der Waals surface area (Å²) in [6, 6.07) is 17.5. The first-order valence-corrected chi connectivity index (χ1v) is 16.6. The van der Waals surface area contributed by atoms with Crippen LogP contribution in [0.15, 0.2) is 78.1 Å². The van der Waals surface area contributed by atoms with Gasteiger partial charge >= 0.3 is 6.09 Å². The van der Waals surface area contributed by atoms with Gasteiger partial charge in [-0.2, -0.15) is 10.2 Å². The van der Waals surface area contributed by atoms with Crippen molar-refractivity contribution in [2.24, 2.45) is 0 Å². The number of amides is 2. The molecule has 13 nitrogen and oxygen atoms in total. The summed E-state index contributed by atoms with van der Waals surface area (Å²) in [7, 11) is 0. The van der Waals surface area contributed by atoms with Crippen LogP contribution in [0.5, 0.6) is 0 Å². The first-order chi connectivity index (χ1) is 23.4. The molecule has 1 saturated heterocycles. The third kappa shape index (κ3) is 6.84. The van der Waals surface area contributed by atoms with Gasteiger partial charge in [0, 0.05) is 30.9 Å². The fourth-order valence-corrected chi connectivity index (χ4v) is 6.73. The minimum absolute atomic E-state index is 0.0381. The molecule has 1 fully saturated rings. The van der Waals surface area contributed by atoms with Crippen LogP contribution < -0.4 is 10.9 Å². The monoisotopic (exact) mass is 664 g/mol. The predicted molar refractivity (Wildman–Crippen MR) is 181 cm³/mol. The summed E-state index contributed by atoms with van der Waals surface area (Å²) in [6.45, 7) is 6.72. The summed E-state index contributed by atoms with van der Waals surface area (Å²) in [5.41, 5.74) is 3.36. The standard InChI is InChI=1S/C36H40N8O5/c1-35(2,3)49-34(47)40-28-18-25-9-10-26(17-27(25)19-28)30-20-37-31-33(46)42(23-39-44(30)31)22-36(48)12-15-41(16-13-36)32(45)29-11-14-38-43(29)21-24-7-5-4-6-8-24/h4-11,14,17,20,23,28,48H,12-13,15-16,18-19,21-22H2,1-3H3,(H,40,47). The molecule has 2 N–H and O–H groups in total. The maximum Gasteiger partial charge on any atom is 0.407 e. The summed E-state index contributed by atoms with van der Waals surface area (Å²) < 4.78 is 10.0. The van der Waals surface area contributed by atoms with Gasteiger partial charge in [-0.15, -0.1) is 0 Å². The van der Waals surface area contributed by atoms with Gasteiger partial charge in [-0.3, -0.25) is 18.8 Å². The molecule has 1 aliphatic carbocycles. The number of rotatable bonds is 7. The third-order valence-electron chi connectivity index (χ3n) is 9.21. The van der Waals surface area contributed by atoms with Crippen molar-refractivity contribution in [3.63, 3.8) is 0 Å². The molecule has 0 saturated carbocycles. The highest BCUT2D eigenvalue weighted by molar-refractivity contribution is 5.92. The van der Waals surface area contributed by atoms with Crippen molar-refractivity contribution in [1.82, 2.24) is 39.2 Å². The van der Waals surface area contributed by atoms with E-state index in [1.54, 1.807) is 28.0 Å². The lowest BCUT2D eigenvalue weighted by molar-refractivity contribution is -0.0302. The molecule has 49 heavy (non-hydrogen) atoms. The van der Waals surface area contributed by atoms with Gasteiger partial charge in [0.2, 0.25) is 5.65 Å². The van der Waals surface area contributed by atoms with Crippen molar-refractivity contribution in [3.8, 4) is 11.3 Å². The van der Waals surface area contributed by atoms with Gasteiger partial charge in [0.05, 0.1) is 30.6 Å². The Balaban J connectivity index is 1.00. The lowest BCUT2D eigenvalue weighted by Gasteiger charge is -2.38. The van der Waals surface area contributed by atoms with Crippen LogP contribution in [-0.4, -0.2) is 81.3 Å². The molecule has 5 aromatic rings. The molecule has 3 aromatic heterocycles. The Morgan fingerprint density at radius 1 is 1.02 bits per heavy atom. The molecule has 2 aromatic carbocycles. The Morgan fingerprint density at radius 3 is 2.53 bits per heavy atom. The Morgan fingerprint density at radius 2 is 1.78 bits per heavy atom. The number of hydrogen-bond acceptors (Lipinski definition) is 8. The first-order valence-electron chi connectivity index (χ1n) is 16.6. The van der Waals surface area contributed by atoms with E-state index in [1.807, 2.05) is 63.2 Å². The van der Waals surface area contributed by atoms with Crippen LogP contribution in [0.2, 0.25) is 0 Å². The van der Waals surface area contributed by atoms with Crippen LogP contribution in [0, 0.1) is 0 Å². The summed E-state index contributed by atoms with van der Waals surface area (Å²) in [4.78, 5) is 45.4. The average molecular weight is 665 g/mol. The summed E-state index contributed by atoms with van der Waals surface area (Å²) in [5, 5.41) is 23.4. The Kier molecular flexibility index (Phi) is 8.31. The zero-order valence-electron chi connectivity index (χ0n) is 27.9. The second-order valence-corrected chi connectivity index (χ2v) is 14.1. The van der Waals surface area contributed by atoms with Crippen molar-refractivity contribution >= 4 is 17.6 Å². The number of aromatic nitrogens is 6. The van der Waals surface area contributed by atoms with Crippen LogP contribution in [0.25, 0.3) is 16.9 Å². The molecule has 13 heteroatoms. The van der Waals surface area contributed by atoms with Gasteiger partial charge in [0.25, 0.3) is 11.5 Å². The van der Waals surface area contributed by atoms with Crippen LogP contribution in [0.1, 0.15) is 60.8 Å². The molecule has 2 amide bonds. The summed E-state index contributed by atoms with van der Waals surface area (Å²) in [5.74, 6) is -0.137. The van der Waals surface area contributed by atoms with Gasteiger partial charge in [-0.25, -0.2) is 14.3 Å². The van der Waals surface area contributed by atoms with E-state index in [1.165, 1.54) is 15.4 Å². The SMILES string of the molecule is CC(C)(C)OC(=O)NC1Cc2ccc(-c3cnc4c(=O)n(CC5(O)CCN(C(=O)c6ccnn6Cc6ccccc6)CC5)cnn34)cc2C1. The fourth-order valence-electron chi connectivity index (χ4n) is 6.73. The number of alkyl carbamates (subject to hydrolysis) is 1. The van der Waals surface area contributed by atoms with Crippen LogP contribution in [0.3, 0.4) is 0 Å². The lowest BCUT2D eigenvalue weighted by Crippen LogP contribution is -2.50. The van der Waals surface area contributed by atoms with Crippen molar-refractivity contribution in [1.29, 1.82) is 0 Å². The maximum atomic E-state index is 13.5. The zero-order chi connectivity index (χ0) is 34.3. The highest BCUT2D eigenvalue weighted by Crippen LogP contribution is 2.29. The Hall–Kier alpha value is -5.30. The Labute approximate surface area is 283 Å². The van der Waals surface area contributed by atoms with E-state index < -0.39 is 17.3 Å². The molecule has 2 aliphatic rings. The summed E-state index contributed by atoms with van der Waals surface area (Å²) in [6.07, 6.45) is 6.24. The number of imidazole rings is 1. The van der Waals surface area contributed by atoms with E-state index in [-0.39, 0.29) is 29.7 Å². The minimum atomic E-state index is -1.19. The van der Waals surface area contributed by atoms with E-state index in [4.69, 9.17) is 4.74 Å². The fraction of sp³-hybridized carbons (Fsp3) is 0.389. The smallest absolute Gasteiger partial charge is 0.407 e. The normalized spacial score (nSPS) is 17.2. The Bertz CT molecular complexity index is 2070. The molecular formula is C36H40N8O5. The van der Waals surface area contributed by atoms with Gasteiger partial charge in [-0.05, 0) is 75.3 Å². The number of hydrogen-bond donors (Lipinski definition) is 2. The second kappa shape index (κ2) is 12.6. The number of aliphatic hydroxyl groups is 1. The predicted octanol–water partition coefficient (Wildman–Crippen LogP) is 3.46. The van der Waals surface area contributed by atoms with E-state index in [0.29, 0.717) is 56.7 Å². The quantitative estimate of drug-likeness (QED) is 0.269. The topological polar surface area (TPSA) is 149 Å². The highest BCUT2D eigenvalue weighted by Gasteiger charge is 2.36. The van der Waals surface area contributed by atoms with E-state index >= 15 is 0 Å². The largest absolute Gasteiger partial charge is 0.444 e. The van der Waals surface area contributed by atoms with Gasteiger partial charge in [-0.1, -0.05) is 42.5 Å². The molecule has 1 unspecified atom stereocenters. The summed E-state index contributed by atoms with van der Waals surface area (Å²) >= 11 is 0. The van der Waals surface area contributed by atoms with Crippen LogP contribution in [-0.2, 0) is 30.7 Å². The molecule has 1 aliphatic heterocycles. The number of piperidine rings is 1. The van der Waals surface area contributed by atoms with Gasteiger partial charge in [0.1, 0.15) is 17.6 Å². The number of nitrogens with one attached hydrogen (secondary N) is 1. The van der Waals surface area contributed by atoms with Crippen molar-refractivity contribution in [2.45, 2.75) is 76.8 Å². The number of benzene rings is 2. The number of carbonyl (C=O) groups excluding carboxylic acids is 2. The van der Waals surface area contributed by atoms with E-state index in [9.17, 15) is 19.5 Å². The second-order valence-electron chi connectivity index (χ2n) is 14.1. The number of carbonyl (C=O) groups is 2. The molecular weight excluding hydrogens is 624 g/mol. The van der Waals surface area contributed by atoms with Crippen LogP contribution >= 0.6 is 0 Å². The van der Waals surface area contributed by atoms with Crippen molar-refractivity contribution in [2.75, 3.05) is 13.1 Å². The number of nitrogens with zero attached hydrogens (tertiary/aromatic N) is 7. The molecule has 0 spiro atoms. The van der Waals surface area contributed by atoms with E-state index in [0.717, 1.165) is 22.3 Å². The zero-order valence-corrected chi connectivity index (χ0v) is 27.9. The highest BCUT2D eigenvalue weighted by atomic mass is 16.6. The molecule has 254 valence electrons. The average Bonchev–Trinajstić information content (AvgIpc) is 3.80. The minimum Gasteiger partial charge on any atom is -0.444 e. The molecule has 0 bridgehead atoms.